The van der Waals surface area contributed by atoms with Crippen molar-refractivity contribution >= 4 is 56.4 Å². The van der Waals surface area contributed by atoms with Gasteiger partial charge in [0.1, 0.15) is 0 Å². The Morgan fingerprint density at radius 1 is 0.583 bits per heavy atom. The SMILES string of the molecule is CC(C)[B]c1ccc2c(c1)c1cc(-c3ccc4[nH]c5ccccc5c4c3)ccc1n2-c1ccccc1. The van der Waals surface area contributed by atoms with Crippen LogP contribution in [0.1, 0.15) is 13.8 Å². The molecule has 2 nitrogen and oxygen atoms in total. The van der Waals surface area contributed by atoms with Crippen LogP contribution in [0.5, 0.6) is 0 Å². The van der Waals surface area contributed by atoms with Crippen LogP contribution in [0.25, 0.3) is 60.4 Å². The number of nitrogens with one attached hydrogen (secondary N) is 1. The lowest BCUT2D eigenvalue weighted by Gasteiger charge is -2.09. The minimum absolute atomic E-state index is 0.503. The summed E-state index contributed by atoms with van der Waals surface area (Å²) < 4.78 is 2.39. The summed E-state index contributed by atoms with van der Waals surface area (Å²) in [5, 5.41) is 5.11. The van der Waals surface area contributed by atoms with Gasteiger partial charge in [-0.25, -0.2) is 0 Å². The average Bonchev–Trinajstić information content (AvgIpc) is 3.43. The summed E-state index contributed by atoms with van der Waals surface area (Å²) in [6, 6.07) is 39.7. The molecule has 0 aliphatic carbocycles. The molecule has 2 heterocycles. The molecule has 0 amide bonds. The molecule has 2 aromatic heterocycles. The number of hydrogen-bond donors (Lipinski definition) is 1. The van der Waals surface area contributed by atoms with E-state index in [1.807, 2.05) is 0 Å². The number of aromatic nitrogens is 2. The van der Waals surface area contributed by atoms with Crippen LogP contribution in [0.4, 0.5) is 0 Å². The normalized spacial score (nSPS) is 11.9. The maximum absolute atomic E-state index is 3.55. The van der Waals surface area contributed by atoms with E-state index in [1.54, 1.807) is 0 Å². The zero-order valence-electron chi connectivity index (χ0n) is 20.5. The summed E-state index contributed by atoms with van der Waals surface area (Å²) in [4.78, 5) is 3.55. The predicted octanol–water partition coefficient (Wildman–Crippen LogP) is 8.24. The van der Waals surface area contributed by atoms with Gasteiger partial charge in [-0.1, -0.05) is 85.8 Å². The fourth-order valence-corrected chi connectivity index (χ4v) is 5.59. The third-order valence-corrected chi connectivity index (χ3v) is 7.17. The monoisotopic (exact) mass is 461 g/mol. The summed E-state index contributed by atoms with van der Waals surface area (Å²) >= 11 is 0. The second-order valence-corrected chi connectivity index (χ2v) is 10.0. The molecule has 0 aliphatic rings. The van der Waals surface area contributed by atoms with E-state index < -0.39 is 0 Å². The fourth-order valence-electron chi connectivity index (χ4n) is 5.59. The first-order valence-electron chi connectivity index (χ1n) is 12.6. The Labute approximate surface area is 211 Å². The van der Waals surface area contributed by atoms with Gasteiger partial charge in [0.2, 0.25) is 0 Å². The molecule has 36 heavy (non-hydrogen) atoms. The summed E-state index contributed by atoms with van der Waals surface area (Å²) in [5.74, 6) is 0.503. The summed E-state index contributed by atoms with van der Waals surface area (Å²) in [6.07, 6.45) is 0. The van der Waals surface area contributed by atoms with Crippen LogP contribution < -0.4 is 5.46 Å². The summed E-state index contributed by atoms with van der Waals surface area (Å²) in [6.45, 7) is 4.47. The molecule has 0 atom stereocenters. The van der Waals surface area contributed by atoms with Crippen molar-refractivity contribution < 1.29 is 0 Å². The van der Waals surface area contributed by atoms with Crippen molar-refractivity contribution in [1.82, 2.24) is 9.55 Å². The van der Waals surface area contributed by atoms with E-state index in [9.17, 15) is 0 Å². The topological polar surface area (TPSA) is 20.7 Å². The van der Waals surface area contributed by atoms with Crippen molar-refractivity contribution in [2.75, 3.05) is 0 Å². The van der Waals surface area contributed by atoms with Gasteiger partial charge in [0.15, 0.2) is 7.28 Å². The van der Waals surface area contributed by atoms with Crippen LogP contribution in [-0.4, -0.2) is 16.8 Å². The van der Waals surface area contributed by atoms with Crippen molar-refractivity contribution in [3.63, 3.8) is 0 Å². The van der Waals surface area contributed by atoms with Crippen molar-refractivity contribution in [2.24, 2.45) is 0 Å². The van der Waals surface area contributed by atoms with E-state index in [2.05, 4.69) is 140 Å². The lowest BCUT2D eigenvalue weighted by molar-refractivity contribution is 1.07. The zero-order chi connectivity index (χ0) is 24.2. The van der Waals surface area contributed by atoms with E-state index in [4.69, 9.17) is 0 Å². The Kier molecular flexibility index (Phi) is 4.78. The first-order chi connectivity index (χ1) is 17.7. The molecule has 0 spiro atoms. The van der Waals surface area contributed by atoms with Crippen molar-refractivity contribution in [3.8, 4) is 16.8 Å². The highest BCUT2D eigenvalue weighted by Gasteiger charge is 2.15. The number of nitrogens with zero attached hydrogens (tertiary/aromatic N) is 1. The van der Waals surface area contributed by atoms with Crippen molar-refractivity contribution in [3.05, 3.63) is 109 Å². The standard InChI is InChI=1S/C33H26BN2/c1-21(2)34-24-14-17-33-29(20-24)28-19-23(13-16-32(28)36(33)25-8-4-3-5-9-25)22-12-15-31-27(18-22)26-10-6-7-11-30(26)35-31/h3-21,35H,1-2H3. The van der Waals surface area contributed by atoms with Gasteiger partial charge in [-0.2, -0.15) is 0 Å². The van der Waals surface area contributed by atoms with E-state index in [1.165, 1.54) is 65.9 Å². The van der Waals surface area contributed by atoms with Crippen molar-refractivity contribution in [2.45, 2.75) is 19.7 Å². The molecule has 1 radical (unpaired) electrons. The molecule has 0 fully saturated rings. The van der Waals surface area contributed by atoms with Gasteiger partial charge in [-0.15, -0.1) is 0 Å². The quantitative estimate of drug-likeness (QED) is 0.255. The number of fused-ring (bicyclic) bond motifs is 6. The molecular weight excluding hydrogens is 435 g/mol. The minimum Gasteiger partial charge on any atom is -0.355 e. The Bertz CT molecular complexity index is 1890. The molecule has 0 unspecified atom stereocenters. The third-order valence-electron chi connectivity index (χ3n) is 7.17. The Hall–Kier alpha value is -4.24. The molecule has 3 heteroatoms. The lowest BCUT2D eigenvalue weighted by Crippen LogP contribution is -2.16. The number of para-hydroxylation sites is 2. The molecule has 7 rings (SSSR count). The predicted molar refractivity (Wildman–Crippen MR) is 156 cm³/mol. The smallest absolute Gasteiger partial charge is 0.154 e. The lowest BCUT2D eigenvalue weighted by atomic mass is 9.60. The van der Waals surface area contributed by atoms with Gasteiger partial charge >= 0.3 is 0 Å². The Balaban J connectivity index is 1.47. The van der Waals surface area contributed by atoms with E-state index >= 15 is 0 Å². The maximum atomic E-state index is 3.55. The highest BCUT2D eigenvalue weighted by Crippen LogP contribution is 2.36. The highest BCUT2D eigenvalue weighted by atomic mass is 15.0. The number of rotatable bonds is 4. The largest absolute Gasteiger partial charge is 0.355 e. The number of hydrogen-bond acceptors (Lipinski definition) is 0. The number of benzene rings is 5. The molecule has 0 saturated heterocycles. The minimum atomic E-state index is 0.503. The molecule has 0 saturated carbocycles. The third kappa shape index (κ3) is 3.35. The summed E-state index contributed by atoms with van der Waals surface area (Å²) in [7, 11) is 2.33. The van der Waals surface area contributed by atoms with E-state index in [0.29, 0.717) is 5.82 Å². The van der Waals surface area contributed by atoms with Crippen LogP contribution in [0.2, 0.25) is 5.82 Å². The molecule has 171 valence electrons. The van der Waals surface area contributed by atoms with Gasteiger partial charge in [-0.05, 0) is 59.7 Å². The van der Waals surface area contributed by atoms with Crippen LogP contribution in [-0.2, 0) is 0 Å². The molecular formula is C33H26BN2. The van der Waals surface area contributed by atoms with Gasteiger partial charge in [-0.3, -0.25) is 0 Å². The second-order valence-electron chi connectivity index (χ2n) is 10.0. The second kappa shape index (κ2) is 8.17. The fraction of sp³-hybridized carbons (Fsp3) is 0.0909. The van der Waals surface area contributed by atoms with Crippen LogP contribution in [0.3, 0.4) is 0 Å². The average molecular weight is 461 g/mol. The maximum Gasteiger partial charge on any atom is 0.154 e. The van der Waals surface area contributed by atoms with E-state index in [-0.39, 0.29) is 0 Å². The van der Waals surface area contributed by atoms with Gasteiger partial charge in [0, 0.05) is 38.3 Å². The Morgan fingerprint density at radius 2 is 1.22 bits per heavy atom. The molecule has 0 aliphatic heterocycles. The Morgan fingerprint density at radius 3 is 2.03 bits per heavy atom. The molecule has 5 aromatic carbocycles. The van der Waals surface area contributed by atoms with E-state index in [0.717, 1.165) is 0 Å². The van der Waals surface area contributed by atoms with Crippen molar-refractivity contribution in [1.29, 1.82) is 0 Å². The summed E-state index contributed by atoms with van der Waals surface area (Å²) in [5.41, 5.74) is 9.76. The first-order valence-corrected chi connectivity index (χ1v) is 12.6. The zero-order valence-corrected chi connectivity index (χ0v) is 20.5. The highest BCUT2D eigenvalue weighted by molar-refractivity contribution is 6.55. The first kappa shape index (κ1) is 21.1. The van der Waals surface area contributed by atoms with Crippen LogP contribution in [0, 0.1) is 0 Å². The molecule has 7 aromatic rings. The van der Waals surface area contributed by atoms with Gasteiger partial charge < -0.3 is 9.55 Å². The number of aromatic amines is 1. The van der Waals surface area contributed by atoms with Crippen LogP contribution >= 0.6 is 0 Å². The van der Waals surface area contributed by atoms with Gasteiger partial charge in [0.25, 0.3) is 0 Å². The van der Waals surface area contributed by atoms with Crippen LogP contribution in [0.15, 0.2) is 109 Å². The molecule has 1 N–H and O–H groups in total. The molecule has 0 bridgehead atoms. The number of H-pyrrole nitrogens is 1. The van der Waals surface area contributed by atoms with Gasteiger partial charge in [0.05, 0.1) is 11.0 Å².